The molecule has 1 unspecified atom stereocenters. The Hall–Kier alpha value is -2.41. The monoisotopic (exact) mass is 470 g/mol. The summed E-state index contributed by atoms with van der Waals surface area (Å²) >= 11 is 0. The Bertz CT molecular complexity index is 868. The molecule has 1 fully saturated rings. The third kappa shape index (κ3) is 8.12. The molecule has 1 N–H and O–H groups in total. The highest BCUT2D eigenvalue weighted by molar-refractivity contribution is 5.73. The third-order valence-corrected chi connectivity index (χ3v) is 5.75. The highest BCUT2D eigenvalue weighted by Gasteiger charge is 2.33. The van der Waals surface area contributed by atoms with Crippen LogP contribution >= 0.6 is 0 Å². The van der Waals surface area contributed by atoms with E-state index in [9.17, 15) is 9.90 Å². The van der Waals surface area contributed by atoms with Crippen molar-refractivity contribution in [3.8, 4) is 11.5 Å². The molecule has 1 saturated heterocycles. The minimum atomic E-state index is -0.909. The highest BCUT2D eigenvalue weighted by atomic mass is 16.7. The number of esters is 1. The predicted molar refractivity (Wildman–Crippen MR) is 131 cm³/mol. The van der Waals surface area contributed by atoms with Crippen molar-refractivity contribution in [2.75, 3.05) is 6.61 Å². The van der Waals surface area contributed by atoms with Gasteiger partial charge in [0.2, 0.25) is 0 Å². The van der Waals surface area contributed by atoms with Crippen molar-refractivity contribution in [3.63, 3.8) is 0 Å². The van der Waals surface area contributed by atoms with E-state index in [1.807, 2.05) is 82.3 Å². The molecule has 1 heterocycles. The van der Waals surface area contributed by atoms with E-state index in [2.05, 4.69) is 0 Å². The largest absolute Gasteiger partial charge is 0.460 e. The fourth-order valence-electron chi connectivity index (χ4n) is 4.00. The maximum Gasteiger partial charge on any atom is 0.312 e. The van der Waals surface area contributed by atoms with Crippen LogP contribution in [0.4, 0.5) is 0 Å². The first-order chi connectivity index (χ1) is 16.2. The van der Waals surface area contributed by atoms with Crippen LogP contribution < -0.4 is 4.74 Å². The summed E-state index contributed by atoms with van der Waals surface area (Å²) in [6, 6.07) is 17.2. The maximum atomic E-state index is 12.7. The minimum absolute atomic E-state index is 0.260. The average molecular weight is 471 g/mol. The number of carbonyl (C=O) groups is 1. The zero-order chi connectivity index (χ0) is 24.6. The standard InChI is InChI=1S/C28H38O6/c1-5-23(27(30)34-28(2,3)4)24(29)19-25(33-26-13-9-10-18-31-26)20-14-16-22(17-15-20)32-21-11-7-6-8-12-21/h6-8,11-12,14-17,23-26,29H,5,9-10,13,18-19H2,1-4H3/t23-,24-,25+,26?/m0/s1. The van der Waals surface area contributed by atoms with Crippen LogP contribution in [0.5, 0.6) is 11.5 Å². The fraction of sp³-hybridized carbons (Fsp3) is 0.536. The number of carbonyl (C=O) groups excluding carboxylic acids is 1. The number of benzene rings is 2. The predicted octanol–water partition coefficient (Wildman–Crippen LogP) is 6.18. The quantitative estimate of drug-likeness (QED) is 0.418. The van der Waals surface area contributed by atoms with Crippen LogP contribution in [0.25, 0.3) is 0 Å². The van der Waals surface area contributed by atoms with Crippen LogP contribution in [-0.2, 0) is 19.0 Å². The molecule has 0 spiro atoms. The van der Waals surface area contributed by atoms with Gasteiger partial charge in [-0.3, -0.25) is 4.79 Å². The van der Waals surface area contributed by atoms with Crippen LogP contribution in [-0.4, -0.2) is 35.7 Å². The van der Waals surface area contributed by atoms with Gasteiger partial charge >= 0.3 is 5.97 Å². The molecule has 186 valence electrons. The van der Waals surface area contributed by atoms with Crippen molar-refractivity contribution in [1.82, 2.24) is 0 Å². The van der Waals surface area contributed by atoms with Crippen LogP contribution in [0.1, 0.15) is 71.5 Å². The summed E-state index contributed by atoms with van der Waals surface area (Å²) in [5.74, 6) is 0.459. The summed E-state index contributed by atoms with van der Waals surface area (Å²) in [5, 5.41) is 11.0. The molecular weight excluding hydrogens is 432 g/mol. The molecule has 2 aromatic rings. The molecule has 0 amide bonds. The summed E-state index contributed by atoms with van der Waals surface area (Å²) in [6.07, 6.45) is 1.95. The normalized spacial score (nSPS) is 19.1. The smallest absolute Gasteiger partial charge is 0.312 e. The molecule has 6 heteroatoms. The zero-order valence-corrected chi connectivity index (χ0v) is 20.7. The maximum absolute atomic E-state index is 12.7. The number of hydrogen-bond acceptors (Lipinski definition) is 6. The van der Waals surface area contributed by atoms with Crippen LogP contribution in [0, 0.1) is 5.92 Å². The summed E-state index contributed by atoms with van der Waals surface area (Å²) in [7, 11) is 0. The Morgan fingerprint density at radius 2 is 1.74 bits per heavy atom. The first-order valence-electron chi connectivity index (χ1n) is 12.3. The molecule has 0 radical (unpaired) electrons. The number of aliphatic hydroxyl groups is 1. The summed E-state index contributed by atoms with van der Waals surface area (Å²) < 4.78 is 23.5. The van der Waals surface area contributed by atoms with Gasteiger partial charge in [0.1, 0.15) is 17.1 Å². The minimum Gasteiger partial charge on any atom is -0.460 e. The first kappa shape index (κ1) is 26.2. The lowest BCUT2D eigenvalue weighted by Crippen LogP contribution is -2.36. The van der Waals surface area contributed by atoms with Crippen LogP contribution in [0.15, 0.2) is 54.6 Å². The van der Waals surface area contributed by atoms with Crippen molar-refractivity contribution in [3.05, 3.63) is 60.2 Å². The van der Waals surface area contributed by atoms with E-state index >= 15 is 0 Å². The topological polar surface area (TPSA) is 74.2 Å². The summed E-state index contributed by atoms with van der Waals surface area (Å²) in [4.78, 5) is 12.7. The van der Waals surface area contributed by atoms with Gasteiger partial charge in [0, 0.05) is 13.0 Å². The molecule has 2 aromatic carbocycles. The number of para-hydroxylation sites is 1. The van der Waals surface area contributed by atoms with E-state index in [0.29, 0.717) is 18.8 Å². The number of rotatable bonds is 10. The third-order valence-electron chi connectivity index (χ3n) is 5.75. The fourth-order valence-corrected chi connectivity index (χ4v) is 4.00. The Kier molecular flexibility index (Phi) is 9.51. The van der Waals surface area contributed by atoms with E-state index in [0.717, 1.165) is 30.6 Å². The second-order valence-electron chi connectivity index (χ2n) is 9.76. The van der Waals surface area contributed by atoms with Crippen molar-refractivity contribution in [2.45, 2.75) is 83.9 Å². The number of hydrogen-bond donors (Lipinski definition) is 1. The molecule has 0 bridgehead atoms. The van der Waals surface area contributed by atoms with Gasteiger partial charge in [-0.05, 0) is 76.3 Å². The van der Waals surface area contributed by atoms with Crippen molar-refractivity contribution >= 4 is 5.97 Å². The molecule has 6 nitrogen and oxygen atoms in total. The summed E-state index contributed by atoms with van der Waals surface area (Å²) in [6.45, 7) is 8.03. The van der Waals surface area contributed by atoms with Gasteiger partial charge in [0.05, 0.1) is 18.1 Å². The Labute approximate surface area is 203 Å². The molecule has 0 aromatic heterocycles. The lowest BCUT2D eigenvalue weighted by atomic mass is 9.92. The molecule has 0 saturated carbocycles. The Balaban J connectivity index is 1.74. The van der Waals surface area contributed by atoms with Gasteiger partial charge in [-0.1, -0.05) is 37.3 Å². The van der Waals surface area contributed by atoms with Crippen molar-refractivity contribution in [1.29, 1.82) is 0 Å². The molecule has 0 aliphatic carbocycles. The number of ether oxygens (including phenoxy) is 4. The van der Waals surface area contributed by atoms with Crippen LogP contribution in [0.2, 0.25) is 0 Å². The molecule has 34 heavy (non-hydrogen) atoms. The molecule has 3 rings (SSSR count). The van der Waals surface area contributed by atoms with Gasteiger partial charge in [-0.2, -0.15) is 0 Å². The Morgan fingerprint density at radius 3 is 2.32 bits per heavy atom. The van der Waals surface area contributed by atoms with E-state index in [4.69, 9.17) is 18.9 Å². The molecule has 4 atom stereocenters. The molecule has 1 aliphatic rings. The van der Waals surface area contributed by atoms with Crippen molar-refractivity contribution in [2.24, 2.45) is 5.92 Å². The number of aliphatic hydroxyl groups excluding tert-OH is 1. The lowest BCUT2D eigenvalue weighted by molar-refractivity contribution is -0.197. The van der Waals surface area contributed by atoms with Gasteiger partial charge in [0.25, 0.3) is 0 Å². The molecule has 1 aliphatic heterocycles. The zero-order valence-electron chi connectivity index (χ0n) is 20.7. The average Bonchev–Trinajstić information content (AvgIpc) is 2.80. The van der Waals surface area contributed by atoms with Crippen molar-refractivity contribution < 1.29 is 28.8 Å². The second-order valence-corrected chi connectivity index (χ2v) is 9.76. The SMILES string of the molecule is CC[C@H](C(=O)OC(C)(C)C)[C@@H](O)C[C@@H](OC1CCCCO1)c1ccc(Oc2ccccc2)cc1. The van der Waals surface area contributed by atoms with Gasteiger partial charge in [-0.25, -0.2) is 0 Å². The first-order valence-corrected chi connectivity index (χ1v) is 12.3. The van der Waals surface area contributed by atoms with Crippen LogP contribution in [0.3, 0.4) is 0 Å². The van der Waals surface area contributed by atoms with Gasteiger partial charge < -0.3 is 24.1 Å². The Morgan fingerprint density at radius 1 is 1.06 bits per heavy atom. The lowest BCUT2D eigenvalue weighted by Gasteiger charge is -2.31. The summed E-state index contributed by atoms with van der Waals surface area (Å²) in [5.41, 5.74) is 0.289. The second kappa shape index (κ2) is 12.3. The highest BCUT2D eigenvalue weighted by Crippen LogP contribution is 2.32. The van der Waals surface area contributed by atoms with E-state index in [1.165, 1.54) is 0 Å². The van der Waals surface area contributed by atoms with E-state index in [1.54, 1.807) is 0 Å². The van der Waals surface area contributed by atoms with Gasteiger partial charge in [-0.15, -0.1) is 0 Å². The molecular formula is C28H38O6. The van der Waals surface area contributed by atoms with E-state index < -0.39 is 23.7 Å². The van der Waals surface area contributed by atoms with Gasteiger partial charge in [0.15, 0.2) is 6.29 Å². The van der Waals surface area contributed by atoms with E-state index in [-0.39, 0.29) is 18.7 Å².